The van der Waals surface area contributed by atoms with Crippen molar-refractivity contribution >= 4 is 0 Å². The molecule has 4 nitrogen and oxygen atoms in total. The number of rotatable bonds is 3. The van der Waals surface area contributed by atoms with Crippen LogP contribution in [-0.4, -0.2) is 19.1 Å². The maximum Gasteiger partial charge on any atom is 0.203 e. The van der Waals surface area contributed by atoms with Crippen LogP contribution in [0, 0.1) is 11.3 Å². The van der Waals surface area contributed by atoms with Crippen molar-refractivity contribution in [3.8, 4) is 6.07 Å². The van der Waals surface area contributed by atoms with Crippen LogP contribution in [0.2, 0.25) is 0 Å². The van der Waals surface area contributed by atoms with Gasteiger partial charge in [-0.1, -0.05) is 0 Å². The molecule has 1 rings (SSSR count). The van der Waals surface area contributed by atoms with Gasteiger partial charge in [-0.25, -0.2) is 5.43 Å². The summed E-state index contributed by atoms with van der Waals surface area (Å²) in [4.78, 5) is 0. The van der Waals surface area contributed by atoms with Crippen molar-refractivity contribution in [2.24, 2.45) is 0 Å². The average molecular weight is 165 g/mol. The Hall–Kier alpha value is -1.31. The van der Waals surface area contributed by atoms with E-state index in [1.54, 1.807) is 12.1 Å². The van der Waals surface area contributed by atoms with Gasteiger partial charge < -0.3 is 4.42 Å². The van der Waals surface area contributed by atoms with E-state index < -0.39 is 0 Å². The molecule has 0 fully saturated rings. The number of hydrazine groups is 1. The minimum Gasteiger partial charge on any atom is -0.449 e. The smallest absolute Gasteiger partial charge is 0.203 e. The van der Waals surface area contributed by atoms with Crippen molar-refractivity contribution in [3.63, 3.8) is 0 Å². The van der Waals surface area contributed by atoms with Gasteiger partial charge >= 0.3 is 0 Å². The molecule has 1 aromatic rings. The molecular formula is C8H11N3O. The molecule has 0 aliphatic heterocycles. The van der Waals surface area contributed by atoms with Gasteiger partial charge in [0.2, 0.25) is 5.76 Å². The Morgan fingerprint density at radius 3 is 2.83 bits per heavy atom. The highest BCUT2D eigenvalue weighted by molar-refractivity contribution is 5.18. The minimum absolute atomic E-state index is 0.352. The summed E-state index contributed by atoms with van der Waals surface area (Å²) in [5.74, 6) is 1.12. The van der Waals surface area contributed by atoms with Crippen LogP contribution in [0.1, 0.15) is 11.5 Å². The Morgan fingerprint density at radius 2 is 2.33 bits per heavy atom. The van der Waals surface area contributed by atoms with Gasteiger partial charge in [0.05, 0.1) is 6.54 Å². The van der Waals surface area contributed by atoms with Crippen LogP contribution in [0.5, 0.6) is 0 Å². The van der Waals surface area contributed by atoms with Gasteiger partial charge in [-0.05, 0) is 12.1 Å². The molecule has 1 heterocycles. The van der Waals surface area contributed by atoms with E-state index in [1.807, 2.05) is 25.2 Å². The first-order valence-corrected chi connectivity index (χ1v) is 3.62. The summed E-state index contributed by atoms with van der Waals surface area (Å²) >= 11 is 0. The van der Waals surface area contributed by atoms with Gasteiger partial charge in [0.1, 0.15) is 11.8 Å². The van der Waals surface area contributed by atoms with E-state index in [0.717, 1.165) is 5.76 Å². The highest BCUT2D eigenvalue weighted by Gasteiger charge is 1.99. The van der Waals surface area contributed by atoms with Gasteiger partial charge in [0.15, 0.2) is 0 Å². The summed E-state index contributed by atoms with van der Waals surface area (Å²) in [7, 11) is 3.79. The van der Waals surface area contributed by atoms with E-state index in [1.165, 1.54) is 0 Å². The van der Waals surface area contributed by atoms with Gasteiger partial charge in [-0.2, -0.15) is 5.26 Å². The van der Waals surface area contributed by atoms with Crippen molar-refractivity contribution in [2.75, 3.05) is 14.1 Å². The van der Waals surface area contributed by atoms with Gasteiger partial charge in [-0.3, -0.25) is 5.01 Å². The second kappa shape index (κ2) is 3.90. The largest absolute Gasteiger partial charge is 0.449 e. The second-order valence-corrected chi connectivity index (χ2v) is 2.61. The van der Waals surface area contributed by atoms with Gasteiger partial charge in [0.25, 0.3) is 0 Å². The van der Waals surface area contributed by atoms with Gasteiger partial charge in [-0.15, -0.1) is 0 Å². The van der Waals surface area contributed by atoms with E-state index in [9.17, 15) is 0 Å². The molecule has 0 bridgehead atoms. The molecule has 0 spiro atoms. The number of hydrogen-bond donors (Lipinski definition) is 1. The highest BCUT2D eigenvalue weighted by Crippen LogP contribution is 2.05. The maximum absolute atomic E-state index is 8.45. The SMILES string of the molecule is CN(C)NCc1ccc(C#N)o1. The molecule has 0 saturated carbocycles. The summed E-state index contributed by atoms with van der Waals surface area (Å²) < 4.78 is 5.13. The van der Waals surface area contributed by atoms with Gasteiger partial charge in [0, 0.05) is 14.1 Å². The van der Waals surface area contributed by atoms with E-state index in [4.69, 9.17) is 9.68 Å². The van der Waals surface area contributed by atoms with Crippen LogP contribution in [0.4, 0.5) is 0 Å². The number of nitrogens with one attached hydrogen (secondary N) is 1. The van der Waals surface area contributed by atoms with Crippen molar-refractivity contribution in [3.05, 3.63) is 23.7 Å². The third-order valence-electron chi connectivity index (χ3n) is 1.34. The van der Waals surface area contributed by atoms with Crippen molar-refractivity contribution in [2.45, 2.75) is 6.54 Å². The lowest BCUT2D eigenvalue weighted by Crippen LogP contribution is -2.29. The molecule has 0 unspecified atom stereocenters. The number of hydrogen-bond acceptors (Lipinski definition) is 4. The van der Waals surface area contributed by atoms with E-state index in [-0.39, 0.29) is 0 Å². The maximum atomic E-state index is 8.45. The fourth-order valence-electron chi connectivity index (χ4n) is 0.769. The van der Waals surface area contributed by atoms with Crippen LogP contribution in [-0.2, 0) is 6.54 Å². The molecule has 0 atom stereocenters. The fraction of sp³-hybridized carbons (Fsp3) is 0.375. The first-order chi connectivity index (χ1) is 5.72. The monoisotopic (exact) mass is 165 g/mol. The lowest BCUT2D eigenvalue weighted by molar-refractivity contribution is 0.271. The topological polar surface area (TPSA) is 52.2 Å². The molecule has 4 heteroatoms. The van der Waals surface area contributed by atoms with Crippen molar-refractivity contribution in [1.29, 1.82) is 5.26 Å². The quantitative estimate of drug-likeness (QED) is 0.670. The third-order valence-corrected chi connectivity index (χ3v) is 1.34. The Labute approximate surface area is 71.4 Å². The van der Waals surface area contributed by atoms with Crippen molar-refractivity contribution < 1.29 is 4.42 Å². The molecular weight excluding hydrogens is 154 g/mol. The van der Waals surface area contributed by atoms with Crippen molar-refractivity contribution in [1.82, 2.24) is 10.4 Å². The Morgan fingerprint density at radius 1 is 1.58 bits per heavy atom. The number of nitriles is 1. The Bertz CT molecular complexity index is 285. The van der Waals surface area contributed by atoms with Crippen LogP contribution >= 0.6 is 0 Å². The molecule has 1 aromatic heterocycles. The lowest BCUT2D eigenvalue weighted by Gasteiger charge is -2.09. The first-order valence-electron chi connectivity index (χ1n) is 3.62. The third kappa shape index (κ3) is 2.38. The van der Waals surface area contributed by atoms with Crippen LogP contribution in [0.15, 0.2) is 16.5 Å². The molecule has 12 heavy (non-hydrogen) atoms. The normalized spacial score (nSPS) is 10.2. The fourth-order valence-corrected chi connectivity index (χ4v) is 0.769. The summed E-state index contributed by atoms with van der Waals surface area (Å²) in [6.45, 7) is 0.606. The molecule has 1 N–H and O–H groups in total. The summed E-state index contributed by atoms with van der Waals surface area (Å²) in [6, 6.07) is 5.37. The van der Waals surface area contributed by atoms with Crippen LogP contribution in [0.3, 0.4) is 0 Å². The Balaban J connectivity index is 2.48. The van der Waals surface area contributed by atoms with E-state index >= 15 is 0 Å². The predicted molar refractivity (Wildman–Crippen MR) is 43.9 cm³/mol. The first kappa shape index (κ1) is 8.78. The standard InChI is InChI=1S/C8H11N3O/c1-11(2)10-6-8-4-3-7(5-9)12-8/h3-4,10H,6H2,1-2H3. The molecule has 64 valence electrons. The Kier molecular flexibility index (Phi) is 2.86. The molecule has 0 radical (unpaired) electrons. The number of nitrogens with zero attached hydrogens (tertiary/aromatic N) is 2. The summed E-state index contributed by atoms with van der Waals surface area (Å²) in [5, 5.41) is 10.3. The summed E-state index contributed by atoms with van der Waals surface area (Å²) in [5.41, 5.74) is 3.03. The molecule has 0 amide bonds. The molecule has 0 aliphatic rings. The highest BCUT2D eigenvalue weighted by atomic mass is 16.3. The zero-order chi connectivity index (χ0) is 8.97. The zero-order valence-corrected chi connectivity index (χ0v) is 7.16. The molecule has 0 aromatic carbocycles. The zero-order valence-electron chi connectivity index (χ0n) is 7.16. The second-order valence-electron chi connectivity index (χ2n) is 2.61. The van der Waals surface area contributed by atoms with Crippen LogP contribution in [0.25, 0.3) is 0 Å². The molecule has 0 aliphatic carbocycles. The van der Waals surface area contributed by atoms with Crippen LogP contribution < -0.4 is 5.43 Å². The predicted octanol–water partition coefficient (Wildman–Crippen LogP) is 0.717. The van der Waals surface area contributed by atoms with E-state index in [2.05, 4.69) is 5.43 Å². The van der Waals surface area contributed by atoms with E-state index in [0.29, 0.717) is 12.3 Å². The molecule has 0 saturated heterocycles. The average Bonchev–Trinajstić information content (AvgIpc) is 2.48. The minimum atomic E-state index is 0.352. The number of furan rings is 1. The summed E-state index contributed by atoms with van der Waals surface area (Å²) in [6.07, 6.45) is 0. The lowest BCUT2D eigenvalue weighted by atomic mass is 10.4.